The van der Waals surface area contributed by atoms with Crippen LogP contribution in [0.4, 0.5) is 19.0 Å². The highest BCUT2D eigenvalue weighted by Crippen LogP contribution is 2.29. The van der Waals surface area contributed by atoms with E-state index in [0.717, 1.165) is 49.3 Å². The predicted molar refractivity (Wildman–Crippen MR) is 112 cm³/mol. The van der Waals surface area contributed by atoms with Gasteiger partial charge in [0, 0.05) is 25.0 Å². The van der Waals surface area contributed by atoms with E-state index >= 15 is 0 Å². The first-order valence-corrected chi connectivity index (χ1v) is 10.1. The summed E-state index contributed by atoms with van der Waals surface area (Å²) < 4.78 is 43.6. The molecule has 0 atom stereocenters. The van der Waals surface area contributed by atoms with Crippen LogP contribution in [0, 0.1) is 0 Å². The van der Waals surface area contributed by atoms with Crippen LogP contribution in [-0.4, -0.2) is 30.6 Å². The summed E-state index contributed by atoms with van der Waals surface area (Å²) in [6.45, 7) is 1.87. The van der Waals surface area contributed by atoms with Crippen LogP contribution >= 0.6 is 0 Å². The van der Waals surface area contributed by atoms with Crippen molar-refractivity contribution in [3.8, 4) is 5.75 Å². The molecule has 31 heavy (non-hydrogen) atoms. The van der Waals surface area contributed by atoms with Crippen LogP contribution in [0.3, 0.4) is 0 Å². The SMILES string of the molecule is O=C(COc1cccc2ccc(N3CCCC3)nc12)NCc1ccc(C(F)(F)F)cc1. The summed E-state index contributed by atoms with van der Waals surface area (Å²) in [7, 11) is 0. The standard InChI is InChI=1S/C23H22F3N3O2/c24-23(25,26)18-9-6-16(7-10-18)14-27-21(30)15-31-19-5-3-4-17-8-11-20(28-22(17)19)29-12-1-2-13-29/h3-11H,1-2,12-15H2,(H,27,30). The van der Waals surface area contributed by atoms with Crippen LogP contribution in [0.15, 0.2) is 54.6 Å². The van der Waals surface area contributed by atoms with E-state index in [-0.39, 0.29) is 19.1 Å². The zero-order valence-corrected chi connectivity index (χ0v) is 16.8. The highest BCUT2D eigenvalue weighted by molar-refractivity contribution is 5.86. The lowest BCUT2D eigenvalue weighted by molar-refractivity contribution is -0.137. The Balaban J connectivity index is 1.37. The number of benzene rings is 2. The number of halogens is 3. The molecule has 1 aliphatic heterocycles. The molecule has 0 saturated carbocycles. The number of rotatable bonds is 6. The third-order valence-corrected chi connectivity index (χ3v) is 5.23. The number of fused-ring (bicyclic) bond motifs is 1. The van der Waals surface area contributed by atoms with Crippen LogP contribution in [0.2, 0.25) is 0 Å². The molecule has 1 saturated heterocycles. The van der Waals surface area contributed by atoms with Gasteiger partial charge in [-0.15, -0.1) is 0 Å². The molecule has 0 aliphatic carbocycles. The number of carbonyl (C=O) groups is 1. The van der Waals surface area contributed by atoms with Gasteiger partial charge in [-0.3, -0.25) is 4.79 Å². The van der Waals surface area contributed by atoms with Crippen LogP contribution < -0.4 is 15.0 Å². The van der Waals surface area contributed by atoms with Gasteiger partial charge in [-0.2, -0.15) is 13.2 Å². The van der Waals surface area contributed by atoms with Crippen LogP contribution in [0.5, 0.6) is 5.75 Å². The topological polar surface area (TPSA) is 54.5 Å². The Hall–Kier alpha value is -3.29. The Kier molecular flexibility index (Phi) is 5.97. The van der Waals surface area contributed by atoms with Crippen molar-refractivity contribution in [1.29, 1.82) is 0 Å². The number of pyridine rings is 1. The maximum atomic E-state index is 12.6. The van der Waals surface area contributed by atoms with E-state index in [1.165, 1.54) is 12.1 Å². The van der Waals surface area contributed by atoms with Gasteiger partial charge in [0.2, 0.25) is 0 Å². The Labute approximate surface area is 177 Å². The summed E-state index contributed by atoms with van der Waals surface area (Å²) in [4.78, 5) is 19.1. The molecule has 0 unspecified atom stereocenters. The zero-order chi connectivity index (χ0) is 21.8. The number of para-hydroxylation sites is 1. The average molecular weight is 429 g/mol. The van der Waals surface area contributed by atoms with Crippen molar-refractivity contribution in [3.05, 3.63) is 65.7 Å². The van der Waals surface area contributed by atoms with Crippen molar-refractivity contribution in [2.45, 2.75) is 25.6 Å². The first-order chi connectivity index (χ1) is 14.9. The van der Waals surface area contributed by atoms with Gasteiger partial charge in [0.25, 0.3) is 5.91 Å². The lowest BCUT2D eigenvalue weighted by atomic mass is 10.1. The van der Waals surface area contributed by atoms with Gasteiger partial charge in [0.15, 0.2) is 6.61 Å². The number of amides is 1. The Morgan fingerprint density at radius 1 is 1.03 bits per heavy atom. The number of aromatic nitrogens is 1. The highest BCUT2D eigenvalue weighted by atomic mass is 19.4. The van der Waals surface area contributed by atoms with E-state index < -0.39 is 11.7 Å². The number of hydrogen-bond donors (Lipinski definition) is 1. The van der Waals surface area contributed by atoms with Crippen molar-refractivity contribution in [2.75, 3.05) is 24.6 Å². The molecule has 1 amide bonds. The molecule has 5 nitrogen and oxygen atoms in total. The molecule has 2 heterocycles. The molecule has 3 aromatic rings. The minimum Gasteiger partial charge on any atom is -0.481 e. The fraction of sp³-hybridized carbons (Fsp3) is 0.304. The number of carbonyl (C=O) groups excluding carboxylic acids is 1. The van der Waals surface area contributed by atoms with Crippen LogP contribution in [0.1, 0.15) is 24.0 Å². The van der Waals surface area contributed by atoms with E-state index in [2.05, 4.69) is 10.2 Å². The molecule has 1 fully saturated rings. The van der Waals surface area contributed by atoms with Gasteiger partial charge >= 0.3 is 6.18 Å². The van der Waals surface area contributed by atoms with E-state index in [9.17, 15) is 18.0 Å². The first-order valence-electron chi connectivity index (χ1n) is 10.1. The lowest BCUT2D eigenvalue weighted by Gasteiger charge is -2.17. The van der Waals surface area contributed by atoms with Gasteiger partial charge < -0.3 is 15.0 Å². The number of nitrogens with zero attached hydrogens (tertiary/aromatic N) is 2. The van der Waals surface area contributed by atoms with E-state index in [1.807, 2.05) is 24.3 Å². The number of nitrogens with one attached hydrogen (secondary N) is 1. The summed E-state index contributed by atoms with van der Waals surface area (Å²) >= 11 is 0. The Morgan fingerprint density at radius 2 is 1.77 bits per heavy atom. The number of anilines is 1. The third-order valence-electron chi connectivity index (χ3n) is 5.23. The van der Waals surface area contributed by atoms with Gasteiger partial charge in [-0.1, -0.05) is 24.3 Å². The number of ether oxygens (including phenoxy) is 1. The second kappa shape index (κ2) is 8.83. The fourth-order valence-electron chi connectivity index (χ4n) is 3.55. The molecular formula is C23H22F3N3O2. The minimum absolute atomic E-state index is 0.118. The fourth-order valence-corrected chi connectivity index (χ4v) is 3.55. The smallest absolute Gasteiger partial charge is 0.416 e. The maximum absolute atomic E-state index is 12.6. The molecule has 1 aromatic heterocycles. The van der Waals surface area contributed by atoms with Crippen molar-refractivity contribution in [3.63, 3.8) is 0 Å². The van der Waals surface area contributed by atoms with Crippen LogP contribution in [-0.2, 0) is 17.5 Å². The Morgan fingerprint density at radius 3 is 2.48 bits per heavy atom. The van der Waals surface area contributed by atoms with Crippen molar-refractivity contribution >= 4 is 22.6 Å². The maximum Gasteiger partial charge on any atom is 0.416 e. The predicted octanol–water partition coefficient (Wildman–Crippen LogP) is 4.55. The highest BCUT2D eigenvalue weighted by Gasteiger charge is 2.29. The summed E-state index contributed by atoms with van der Waals surface area (Å²) in [5.41, 5.74) is 0.550. The summed E-state index contributed by atoms with van der Waals surface area (Å²) in [6, 6.07) is 14.2. The second-order valence-electron chi connectivity index (χ2n) is 7.45. The molecule has 8 heteroatoms. The average Bonchev–Trinajstić information content (AvgIpc) is 3.30. The van der Waals surface area contributed by atoms with Gasteiger partial charge in [-0.25, -0.2) is 4.98 Å². The van der Waals surface area contributed by atoms with E-state index in [1.54, 1.807) is 6.07 Å². The molecule has 2 aromatic carbocycles. The molecule has 0 radical (unpaired) electrons. The zero-order valence-electron chi connectivity index (χ0n) is 16.8. The van der Waals surface area contributed by atoms with Gasteiger partial charge in [0.1, 0.15) is 17.1 Å². The molecule has 0 bridgehead atoms. The minimum atomic E-state index is -4.38. The monoisotopic (exact) mass is 429 g/mol. The molecular weight excluding hydrogens is 407 g/mol. The molecule has 4 rings (SSSR count). The molecule has 1 aliphatic rings. The van der Waals surface area contributed by atoms with Crippen molar-refractivity contribution in [1.82, 2.24) is 10.3 Å². The quantitative estimate of drug-likeness (QED) is 0.625. The van der Waals surface area contributed by atoms with Crippen molar-refractivity contribution in [2.24, 2.45) is 0 Å². The number of alkyl halides is 3. The second-order valence-corrected chi connectivity index (χ2v) is 7.45. The van der Waals surface area contributed by atoms with Gasteiger partial charge in [0.05, 0.1) is 5.56 Å². The summed E-state index contributed by atoms with van der Waals surface area (Å²) in [5.74, 6) is 1.05. The summed E-state index contributed by atoms with van der Waals surface area (Å²) in [6.07, 6.45) is -2.08. The van der Waals surface area contributed by atoms with E-state index in [4.69, 9.17) is 9.72 Å². The molecule has 162 valence electrons. The normalized spacial score (nSPS) is 14.1. The molecule has 0 spiro atoms. The van der Waals surface area contributed by atoms with Crippen molar-refractivity contribution < 1.29 is 22.7 Å². The van der Waals surface area contributed by atoms with Crippen LogP contribution in [0.25, 0.3) is 10.9 Å². The van der Waals surface area contributed by atoms with Gasteiger partial charge in [-0.05, 0) is 48.7 Å². The summed E-state index contributed by atoms with van der Waals surface area (Å²) in [5, 5.41) is 3.58. The number of hydrogen-bond acceptors (Lipinski definition) is 4. The molecule has 1 N–H and O–H groups in total. The Bertz CT molecular complexity index is 1060. The lowest BCUT2D eigenvalue weighted by Crippen LogP contribution is -2.28. The van der Waals surface area contributed by atoms with E-state index in [0.29, 0.717) is 16.8 Å². The third kappa shape index (κ3) is 5.07. The largest absolute Gasteiger partial charge is 0.481 e. The first kappa shape index (κ1) is 21.0.